The van der Waals surface area contributed by atoms with Crippen LogP contribution in [0.15, 0.2) is 42.5 Å². The molecule has 6 heteroatoms. The second kappa shape index (κ2) is 8.89. The largest absolute Gasteiger partial charge is 0.495 e. The summed E-state index contributed by atoms with van der Waals surface area (Å²) in [7, 11) is 1.56. The van der Waals surface area contributed by atoms with Crippen LogP contribution in [0.5, 0.6) is 5.75 Å². The summed E-state index contributed by atoms with van der Waals surface area (Å²) in [6.45, 7) is 5.83. The molecule has 0 heterocycles. The van der Waals surface area contributed by atoms with Gasteiger partial charge in [0.1, 0.15) is 5.75 Å². The molecular weight excluding hydrogens is 330 g/mol. The van der Waals surface area contributed by atoms with Crippen molar-refractivity contribution in [2.45, 2.75) is 26.8 Å². The fourth-order valence-electron chi connectivity index (χ4n) is 2.41. The lowest BCUT2D eigenvalue weighted by atomic mass is 10.1. The van der Waals surface area contributed by atoms with Gasteiger partial charge < -0.3 is 20.7 Å². The third-order valence-corrected chi connectivity index (χ3v) is 3.63. The van der Waals surface area contributed by atoms with Crippen LogP contribution in [-0.2, 0) is 4.79 Å². The summed E-state index contributed by atoms with van der Waals surface area (Å²) in [6, 6.07) is 12.7. The molecule has 0 saturated carbocycles. The van der Waals surface area contributed by atoms with E-state index in [4.69, 9.17) is 4.74 Å². The average molecular weight is 355 g/mol. The molecule has 0 aliphatic rings. The van der Waals surface area contributed by atoms with Crippen LogP contribution >= 0.6 is 0 Å². The highest BCUT2D eigenvalue weighted by Crippen LogP contribution is 2.25. The van der Waals surface area contributed by atoms with Gasteiger partial charge in [-0.15, -0.1) is 0 Å². The third kappa shape index (κ3) is 5.51. The summed E-state index contributed by atoms with van der Waals surface area (Å²) >= 11 is 0. The number of amides is 2. The molecule has 0 saturated heterocycles. The maximum absolute atomic E-state index is 12.2. The molecule has 0 unspecified atom stereocenters. The molecule has 2 aromatic carbocycles. The Labute approximate surface area is 153 Å². The molecule has 0 bridgehead atoms. The van der Waals surface area contributed by atoms with Crippen molar-refractivity contribution in [2.75, 3.05) is 24.3 Å². The van der Waals surface area contributed by atoms with E-state index in [1.54, 1.807) is 25.3 Å². The summed E-state index contributed by atoms with van der Waals surface area (Å²) in [5.74, 6) is 0.264. The number of nitrogens with one attached hydrogen (secondary N) is 3. The maximum Gasteiger partial charge on any atom is 0.251 e. The van der Waals surface area contributed by atoms with Crippen LogP contribution in [0.2, 0.25) is 0 Å². The Morgan fingerprint density at radius 2 is 1.88 bits per heavy atom. The second-order valence-corrected chi connectivity index (χ2v) is 6.31. The van der Waals surface area contributed by atoms with E-state index in [9.17, 15) is 9.59 Å². The van der Waals surface area contributed by atoms with Crippen molar-refractivity contribution in [3.8, 4) is 5.75 Å². The highest BCUT2D eigenvalue weighted by Gasteiger charge is 2.10. The molecule has 3 N–H and O–H groups in total. The highest BCUT2D eigenvalue weighted by molar-refractivity contribution is 5.96. The van der Waals surface area contributed by atoms with Crippen LogP contribution in [0.1, 0.15) is 29.8 Å². The Balaban J connectivity index is 1.97. The van der Waals surface area contributed by atoms with Crippen LogP contribution in [0.25, 0.3) is 0 Å². The van der Waals surface area contributed by atoms with E-state index >= 15 is 0 Å². The van der Waals surface area contributed by atoms with Crippen molar-refractivity contribution < 1.29 is 14.3 Å². The van der Waals surface area contributed by atoms with E-state index in [1.165, 1.54) is 0 Å². The first kappa shape index (κ1) is 19.3. The molecular formula is C20H25N3O3. The number of anilines is 2. The first-order valence-electron chi connectivity index (χ1n) is 8.48. The van der Waals surface area contributed by atoms with Gasteiger partial charge >= 0.3 is 0 Å². The van der Waals surface area contributed by atoms with Crippen molar-refractivity contribution in [1.82, 2.24) is 5.32 Å². The average Bonchev–Trinajstić information content (AvgIpc) is 2.60. The zero-order chi connectivity index (χ0) is 19.1. The van der Waals surface area contributed by atoms with E-state index in [0.29, 0.717) is 22.7 Å². The van der Waals surface area contributed by atoms with Crippen LogP contribution in [-0.4, -0.2) is 31.5 Å². The Morgan fingerprint density at radius 1 is 1.12 bits per heavy atom. The van der Waals surface area contributed by atoms with E-state index in [-0.39, 0.29) is 24.4 Å². The maximum atomic E-state index is 12.2. The molecule has 2 rings (SSSR count). The standard InChI is InChI=1S/C20H25N3O3/c1-13(2)22-20(25)15-6-5-7-16(11-15)21-12-19(24)23-17-10-14(3)8-9-18(17)26-4/h5-11,13,21H,12H2,1-4H3,(H,22,25)(H,23,24). The number of aryl methyl sites for hydroxylation is 1. The SMILES string of the molecule is COc1ccc(C)cc1NC(=O)CNc1cccc(C(=O)NC(C)C)c1. The lowest BCUT2D eigenvalue weighted by Gasteiger charge is -2.13. The summed E-state index contributed by atoms with van der Waals surface area (Å²) in [5, 5.41) is 8.70. The van der Waals surface area contributed by atoms with Gasteiger partial charge in [-0.1, -0.05) is 12.1 Å². The van der Waals surface area contributed by atoms with Gasteiger partial charge in [-0.2, -0.15) is 0 Å². The molecule has 0 radical (unpaired) electrons. The topological polar surface area (TPSA) is 79.5 Å². The quantitative estimate of drug-likeness (QED) is 0.713. The minimum absolute atomic E-state index is 0.0641. The molecule has 0 aliphatic carbocycles. The molecule has 0 spiro atoms. The van der Waals surface area contributed by atoms with Gasteiger partial charge in [0.2, 0.25) is 5.91 Å². The second-order valence-electron chi connectivity index (χ2n) is 6.31. The minimum atomic E-state index is -0.203. The van der Waals surface area contributed by atoms with Gasteiger partial charge in [0.05, 0.1) is 19.3 Å². The number of methoxy groups -OCH3 is 1. The van der Waals surface area contributed by atoms with Crippen molar-refractivity contribution in [3.63, 3.8) is 0 Å². The first-order valence-corrected chi connectivity index (χ1v) is 8.48. The van der Waals surface area contributed by atoms with Crippen molar-refractivity contribution in [2.24, 2.45) is 0 Å². The third-order valence-electron chi connectivity index (χ3n) is 3.63. The lowest BCUT2D eigenvalue weighted by Crippen LogP contribution is -2.30. The van der Waals surface area contributed by atoms with Crippen LogP contribution in [0.3, 0.4) is 0 Å². The van der Waals surface area contributed by atoms with Crippen molar-refractivity contribution in [3.05, 3.63) is 53.6 Å². The number of benzene rings is 2. The highest BCUT2D eigenvalue weighted by atomic mass is 16.5. The molecule has 2 aromatic rings. The molecule has 0 atom stereocenters. The molecule has 0 aromatic heterocycles. The Bertz CT molecular complexity index is 788. The minimum Gasteiger partial charge on any atom is -0.495 e. The van der Waals surface area contributed by atoms with E-state index in [2.05, 4.69) is 16.0 Å². The number of ether oxygens (including phenoxy) is 1. The molecule has 2 amide bonds. The van der Waals surface area contributed by atoms with Gasteiger partial charge in [-0.25, -0.2) is 0 Å². The molecule has 6 nitrogen and oxygen atoms in total. The molecule has 138 valence electrons. The normalized spacial score (nSPS) is 10.3. The summed E-state index contributed by atoms with van der Waals surface area (Å²) in [4.78, 5) is 24.3. The predicted octanol–water partition coefficient (Wildman–Crippen LogP) is 3.19. The van der Waals surface area contributed by atoms with Gasteiger partial charge in [0.25, 0.3) is 5.91 Å². The smallest absolute Gasteiger partial charge is 0.251 e. The van der Waals surface area contributed by atoms with Crippen molar-refractivity contribution >= 4 is 23.2 Å². The summed E-state index contributed by atoms with van der Waals surface area (Å²) in [5.41, 5.74) is 2.90. The molecule has 26 heavy (non-hydrogen) atoms. The number of hydrogen-bond acceptors (Lipinski definition) is 4. The predicted molar refractivity (Wildman–Crippen MR) is 104 cm³/mol. The monoisotopic (exact) mass is 355 g/mol. The number of rotatable bonds is 7. The molecule has 0 fully saturated rings. The Hall–Kier alpha value is -3.02. The number of hydrogen-bond donors (Lipinski definition) is 3. The summed E-state index contributed by atoms with van der Waals surface area (Å²) < 4.78 is 5.26. The van der Waals surface area contributed by atoms with Crippen LogP contribution in [0, 0.1) is 6.92 Å². The fourth-order valence-corrected chi connectivity index (χ4v) is 2.41. The van der Waals surface area contributed by atoms with Gasteiger partial charge in [-0.3, -0.25) is 9.59 Å². The zero-order valence-electron chi connectivity index (χ0n) is 15.6. The Kier molecular flexibility index (Phi) is 6.60. The Morgan fingerprint density at radius 3 is 2.58 bits per heavy atom. The van der Waals surface area contributed by atoms with E-state index in [1.807, 2.05) is 45.0 Å². The van der Waals surface area contributed by atoms with Gasteiger partial charge in [0, 0.05) is 17.3 Å². The van der Waals surface area contributed by atoms with Gasteiger partial charge in [-0.05, 0) is 56.7 Å². The lowest BCUT2D eigenvalue weighted by molar-refractivity contribution is -0.114. The van der Waals surface area contributed by atoms with Gasteiger partial charge in [0.15, 0.2) is 0 Å². The van der Waals surface area contributed by atoms with E-state index < -0.39 is 0 Å². The summed E-state index contributed by atoms with van der Waals surface area (Å²) in [6.07, 6.45) is 0. The first-order chi connectivity index (χ1) is 12.4. The van der Waals surface area contributed by atoms with E-state index in [0.717, 1.165) is 5.56 Å². The van der Waals surface area contributed by atoms with Crippen molar-refractivity contribution in [1.29, 1.82) is 0 Å². The van der Waals surface area contributed by atoms with Crippen LogP contribution in [0.4, 0.5) is 11.4 Å². The number of carbonyl (C=O) groups excluding carboxylic acids is 2. The van der Waals surface area contributed by atoms with Crippen LogP contribution < -0.4 is 20.7 Å². The number of carbonyl (C=O) groups is 2. The molecule has 0 aliphatic heterocycles. The fraction of sp³-hybridized carbons (Fsp3) is 0.300. The zero-order valence-corrected chi connectivity index (χ0v) is 15.6.